The van der Waals surface area contributed by atoms with Crippen molar-refractivity contribution in [3.63, 3.8) is 0 Å². The molecule has 2 N–H and O–H groups in total. The summed E-state index contributed by atoms with van der Waals surface area (Å²) in [4.78, 5) is 24.4. The van der Waals surface area contributed by atoms with Gasteiger partial charge in [-0.2, -0.15) is 0 Å². The number of ether oxygens (including phenoxy) is 1. The van der Waals surface area contributed by atoms with Gasteiger partial charge in [0.25, 0.3) is 5.91 Å². The second-order valence-electron chi connectivity index (χ2n) is 5.57. The van der Waals surface area contributed by atoms with Crippen molar-refractivity contribution in [3.05, 3.63) is 64.4 Å². The van der Waals surface area contributed by atoms with Crippen LogP contribution in [0.5, 0.6) is 5.75 Å². The summed E-state index contributed by atoms with van der Waals surface area (Å²) in [6, 6.07) is 11.7. The van der Waals surface area contributed by atoms with Gasteiger partial charge in [-0.25, -0.2) is 0 Å². The Bertz CT molecular complexity index is 981. The summed E-state index contributed by atoms with van der Waals surface area (Å²) >= 11 is 5.86. The Labute approximate surface area is 155 Å². The highest BCUT2D eigenvalue weighted by molar-refractivity contribution is 6.31. The van der Waals surface area contributed by atoms with Crippen LogP contribution in [0.1, 0.15) is 33.4 Å². The number of rotatable bonds is 4. The highest BCUT2D eigenvalue weighted by atomic mass is 35.5. The highest BCUT2D eigenvalue weighted by Crippen LogP contribution is 2.28. The lowest BCUT2D eigenvalue weighted by Gasteiger charge is -2.06. The molecule has 0 aliphatic heterocycles. The second kappa shape index (κ2) is 7.49. The van der Waals surface area contributed by atoms with Crippen LogP contribution in [0.15, 0.2) is 46.9 Å². The minimum atomic E-state index is -0.549. The molecule has 7 heteroatoms. The quantitative estimate of drug-likeness (QED) is 0.681. The number of furan rings is 1. The van der Waals surface area contributed by atoms with Crippen LogP contribution in [-0.4, -0.2) is 18.4 Å². The van der Waals surface area contributed by atoms with E-state index in [1.807, 2.05) is 13.0 Å². The summed E-state index contributed by atoms with van der Waals surface area (Å²) in [7, 11) is 0. The van der Waals surface area contributed by atoms with Crippen LogP contribution < -0.4 is 15.6 Å². The zero-order chi connectivity index (χ0) is 18.7. The zero-order valence-corrected chi connectivity index (χ0v) is 15.0. The van der Waals surface area contributed by atoms with Crippen molar-refractivity contribution in [2.24, 2.45) is 0 Å². The molecule has 0 unspecified atom stereocenters. The average Bonchev–Trinajstić information content (AvgIpc) is 2.96. The van der Waals surface area contributed by atoms with E-state index in [4.69, 9.17) is 20.8 Å². The van der Waals surface area contributed by atoms with Crippen LogP contribution in [0.4, 0.5) is 0 Å². The predicted molar refractivity (Wildman–Crippen MR) is 98.5 cm³/mol. The molecule has 2 amide bonds. The number of carbonyl (C=O) groups excluding carboxylic acids is 2. The maximum Gasteiger partial charge on any atom is 0.305 e. The molecule has 3 aromatic rings. The van der Waals surface area contributed by atoms with Crippen LogP contribution in [0.2, 0.25) is 5.02 Å². The van der Waals surface area contributed by atoms with Gasteiger partial charge in [-0.15, -0.1) is 0 Å². The molecule has 2 aromatic carbocycles. The van der Waals surface area contributed by atoms with E-state index in [2.05, 4.69) is 10.9 Å². The third kappa shape index (κ3) is 3.65. The molecular formula is C19H17ClN2O4. The van der Waals surface area contributed by atoms with E-state index in [-0.39, 0.29) is 5.76 Å². The van der Waals surface area contributed by atoms with Gasteiger partial charge in [0.2, 0.25) is 0 Å². The van der Waals surface area contributed by atoms with Gasteiger partial charge in [0, 0.05) is 21.5 Å². The minimum absolute atomic E-state index is 0.125. The first kappa shape index (κ1) is 17.8. The first-order valence-electron chi connectivity index (χ1n) is 8.01. The molecule has 0 radical (unpaired) electrons. The van der Waals surface area contributed by atoms with Gasteiger partial charge in [0.05, 0.1) is 6.61 Å². The Morgan fingerprint density at radius 2 is 1.88 bits per heavy atom. The summed E-state index contributed by atoms with van der Waals surface area (Å²) < 4.78 is 11.1. The number of carbonyl (C=O) groups is 2. The fourth-order valence-corrected chi connectivity index (χ4v) is 2.74. The zero-order valence-electron chi connectivity index (χ0n) is 14.3. The van der Waals surface area contributed by atoms with E-state index >= 15 is 0 Å². The molecule has 3 rings (SSSR count). The van der Waals surface area contributed by atoms with E-state index in [1.165, 1.54) is 6.07 Å². The molecule has 6 nitrogen and oxygen atoms in total. The lowest BCUT2D eigenvalue weighted by molar-refractivity contribution is 0.0831. The fraction of sp³-hybridized carbons (Fsp3) is 0.158. The molecule has 1 heterocycles. The second-order valence-corrected chi connectivity index (χ2v) is 6.00. The smallest absolute Gasteiger partial charge is 0.305 e. The molecule has 0 bridgehead atoms. The number of hydrogen-bond donors (Lipinski definition) is 2. The number of halogens is 1. The number of amides is 2. The summed E-state index contributed by atoms with van der Waals surface area (Å²) in [6.07, 6.45) is 0. The van der Waals surface area contributed by atoms with Crippen LogP contribution in [-0.2, 0) is 0 Å². The van der Waals surface area contributed by atoms with E-state index in [9.17, 15) is 9.59 Å². The van der Waals surface area contributed by atoms with Gasteiger partial charge < -0.3 is 9.15 Å². The molecule has 0 fully saturated rings. The number of hydrogen-bond acceptors (Lipinski definition) is 4. The lowest BCUT2D eigenvalue weighted by Crippen LogP contribution is -2.41. The Morgan fingerprint density at radius 1 is 1.12 bits per heavy atom. The van der Waals surface area contributed by atoms with E-state index in [1.54, 1.807) is 37.3 Å². The standard InChI is InChI=1S/C19H17ClN2O4/c1-3-25-14-7-8-16-15(10-14)11(2)17(26-16)19(24)22-21-18(23)12-5-4-6-13(20)9-12/h4-10H,3H2,1-2H3,(H,21,23)(H,22,24). The third-order valence-electron chi connectivity index (χ3n) is 3.80. The predicted octanol–water partition coefficient (Wildman–Crippen LogP) is 3.87. The van der Waals surface area contributed by atoms with Crippen LogP contribution in [0.3, 0.4) is 0 Å². The maximum absolute atomic E-state index is 12.4. The van der Waals surface area contributed by atoms with Crippen molar-refractivity contribution >= 4 is 34.4 Å². The Balaban J connectivity index is 1.75. The number of fused-ring (bicyclic) bond motifs is 1. The molecule has 0 saturated carbocycles. The molecule has 0 aliphatic rings. The van der Waals surface area contributed by atoms with Crippen molar-refractivity contribution in [2.45, 2.75) is 13.8 Å². The van der Waals surface area contributed by atoms with E-state index in [0.29, 0.717) is 34.1 Å². The van der Waals surface area contributed by atoms with E-state index in [0.717, 1.165) is 5.39 Å². The highest BCUT2D eigenvalue weighted by Gasteiger charge is 2.19. The van der Waals surface area contributed by atoms with Gasteiger partial charge in [0.1, 0.15) is 11.3 Å². The molecule has 134 valence electrons. The summed E-state index contributed by atoms with van der Waals surface area (Å²) in [5.41, 5.74) is 6.26. The van der Waals surface area contributed by atoms with Gasteiger partial charge in [0.15, 0.2) is 5.76 Å². The summed E-state index contributed by atoms with van der Waals surface area (Å²) in [5.74, 6) is -0.203. The lowest BCUT2D eigenvalue weighted by atomic mass is 10.1. The van der Waals surface area contributed by atoms with Crippen molar-refractivity contribution < 1.29 is 18.7 Å². The molecular weight excluding hydrogens is 356 g/mol. The van der Waals surface area contributed by atoms with E-state index < -0.39 is 11.8 Å². The van der Waals surface area contributed by atoms with Crippen molar-refractivity contribution in [2.75, 3.05) is 6.61 Å². The van der Waals surface area contributed by atoms with Crippen molar-refractivity contribution in [1.29, 1.82) is 0 Å². The van der Waals surface area contributed by atoms with Gasteiger partial charge in [-0.05, 0) is 50.2 Å². The molecule has 0 atom stereocenters. The first-order chi connectivity index (χ1) is 12.5. The monoisotopic (exact) mass is 372 g/mol. The van der Waals surface area contributed by atoms with Gasteiger partial charge in [-0.3, -0.25) is 20.4 Å². The molecule has 26 heavy (non-hydrogen) atoms. The number of nitrogens with one attached hydrogen (secondary N) is 2. The minimum Gasteiger partial charge on any atom is -0.494 e. The van der Waals surface area contributed by atoms with Crippen LogP contribution >= 0.6 is 11.6 Å². The molecule has 0 spiro atoms. The fourth-order valence-electron chi connectivity index (χ4n) is 2.55. The van der Waals surface area contributed by atoms with Gasteiger partial charge in [-0.1, -0.05) is 17.7 Å². The Kier molecular flexibility index (Phi) is 5.14. The molecule has 0 aliphatic carbocycles. The van der Waals surface area contributed by atoms with Crippen LogP contribution in [0.25, 0.3) is 11.0 Å². The maximum atomic E-state index is 12.4. The van der Waals surface area contributed by atoms with Gasteiger partial charge >= 0.3 is 5.91 Å². The average molecular weight is 373 g/mol. The topological polar surface area (TPSA) is 80.6 Å². The summed E-state index contributed by atoms with van der Waals surface area (Å²) in [6.45, 7) is 4.22. The largest absolute Gasteiger partial charge is 0.494 e. The third-order valence-corrected chi connectivity index (χ3v) is 4.04. The SMILES string of the molecule is CCOc1ccc2oc(C(=O)NNC(=O)c3cccc(Cl)c3)c(C)c2c1. The first-order valence-corrected chi connectivity index (χ1v) is 8.39. The Morgan fingerprint density at radius 3 is 2.62 bits per heavy atom. The number of aryl methyl sites for hydroxylation is 1. The number of benzene rings is 2. The van der Waals surface area contributed by atoms with Crippen LogP contribution in [0, 0.1) is 6.92 Å². The molecule has 0 saturated heterocycles. The van der Waals surface area contributed by atoms with Crippen molar-refractivity contribution in [1.82, 2.24) is 10.9 Å². The van der Waals surface area contributed by atoms with Crippen molar-refractivity contribution in [3.8, 4) is 5.75 Å². The normalized spacial score (nSPS) is 10.6. The number of hydrazine groups is 1. The summed E-state index contributed by atoms with van der Waals surface area (Å²) in [5, 5.41) is 1.21. The molecule has 1 aromatic heterocycles. The Hall–Kier alpha value is -2.99.